The summed E-state index contributed by atoms with van der Waals surface area (Å²) in [4.78, 5) is 31.4. The Balaban J connectivity index is 1.44. The number of carbonyl (C=O) groups excluding carboxylic acids is 1. The van der Waals surface area contributed by atoms with Crippen LogP contribution in [0.5, 0.6) is 0 Å². The number of hydrogen-bond acceptors (Lipinski definition) is 6. The number of nitrogens with zero attached hydrogens (tertiary/aromatic N) is 3. The second-order valence-electron chi connectivity index (χ2n) is 8.94. The molecule has 1 aliphatic heterocycles. The van der Waals surface area contributed by atoms with Crippen molar-refractivity contribution < 1.29 is 14.1 Å². The van der Waals surface area contributed by atoms with Gasteiger partial charge in [-0.25, -0.2) is 4.99 Å². The monoisotopic (exact) mass is 523 g/mol. The number of amides is 1. The van der Waals surface area contributed by atoms with Gasteiger partial charge in [-0.15, -0.1) is 0 Å². The van der Waals surface area contributed by atoms with Gasteiger partial charge in [0.25, 0.3) is 11.6 Å². The van der Waals surface area contributed by atoms with E-state index >= 15 is 0 Å². The van der Waals surface area contributed by atoms with E-state index < -0.39 is 4.92 Å². The largest absolute Gasteiger partial charge is 0.457 e. The van der Waals surface area contributed by atoms with Crippen LogP contribution in [0.2, 0.25) is 0 Å². The van der Waals surface area contributed by atoms with Crippen molar-refractivity contribution in [2.24, 2.45) is 4.99 Å². The van der Waals surface area contributed by atoms with Crippen LogP contribution in [-0.2, 0) is 11.2 Å². The topological polar surface area (TPSA) is 89.0 Å². The second kappa shape index (κ2) is 10.9. The van der Waals surface area contributed by atoms with Crippen molar-refractivity contribution in [3.63, 3.8) is 0 Å². The lowest BCUT2D eigenvalue weighted by Gasteiger charge is -2.15. The molecule has 1 fully saturated rings. The molecule has 0 N–H and O–H groups in total. The molecule has 0 saturated carbocycles. The molecule has 2 heterocycles. The Labute approximate surface area is 224 Å². The van der Waals surface area contributed by atoms with E-state index in [0.29, 0.717) is 45.7 Å². The molecule has 3 aromatic carbocycles. The van der Waals surface area contributed by atoms with Crippen molar-refractivity contribution in [1.82, 2.24) is 4.90 Å². The zero-order valence-electron chi connectivity index (χ0n) is 21.0. The standard InChI is InChI=1S/C30H25N3O4S/c1-20-11-13-23(14-12-20)31-30-32(18-17-22-7-4-3-5-8-22)29(34)28(38-30)19-24-15-16-27(37-24)25-9-6-10-26(21(25)2)33(35)36/h3-16,19H,17-18H2,1-2H3/b28-19+,31-30?. The lowest BCUT2D eigenvalue weighted by Crippen LogP contribution is -2.31. The highest BCUT2D eigenvalue weighted by Gasteiger charge is 2.33. The molecular weight excluding hydrogens is 498 g/mol. The van der Waals surface area contributed by atoms with Gasteiger partial charge >= 0.3 is 0 Å². The number of hydrogen-bond donors (Lipinski definition) is 0. The molecule has 1 aliphatic rings. The third-order valence-corrected chi connectivity index (χ3v) is 7.29. The van der Waals surface area contributed by atoms with Crippen molar-refractivity contribution in [2.75, 3.05) is 6.54 Å². The van der Waals surface area contributed by atoms with Gasteiger partial charge < -0.3 is 4.42 Å². The first-order valence-corrected chi connectivity index (χ1v) is 13.0. The highest BCUT2D eigenvalue weighted by molar-refractivity contribution is 8.18. The van der Waals surface area contributed by atoms with E-state index in [-0.39, 0.29) is 11.6 Å². The lowest BCUT2D eigenvalue weighted by atomic mass is 10.1. The number of aliphatic imine (C=N–C) groups is 1. The van der Waals surface area contributed by atoms with Gasteiger partial charge in [-0.1, -0.05) is 60.2 Å². The molecule has 1 aromatic heterocycles. The maximum absolute atomic E-state index is 13.5. The van der Waals surface area contributed by atoms with Gasteiger partial charge in [0, 0.05) is 29.8 Å². The minimum atomic E-state index is -0.405. The van der Waals surface area contributed by atoms with Gasteiger partial charge in [-0.2, -0.15) is 0 Å². The highest BCUT2D eigenvalue weighted by atomic mass is 32.2. The first-order chi connectivity index (χ1) is 18.4. The average Bonchev–Trinajstić information content (AvgIpc) is 3.49. The van der Waals surface area contributed by atoms with Crippen molar-refractivity contribution >= 4 is 40.3 Å². The molecule has 0 spiro atoms. The molecule has 8 heteroatoms. The van der Waals surface area contributed by atoms with E-state index in [1.54, 1.807) is 42.2 Å². The van der Waals surface area contributed by atoms with Crippen molar-refractivity contribution in [3.05, 3.63) is 122 Å². The van der Waals surface area contributed by atoms with Crippen LogP contribution in [-0.4, -0.2) is 27.4 Å². The highest BCUT2D eigenvalue weighted by Crippen LogP contribution is 2.36. The number of aryl methyl sites for hydroxylation is 1. The number of rotatable bonds is 7. The average molecular weight is 524 g/mol. The first-order valence-electron chi connectivity index (χ1n) is 12.1. The third-order valence-electron chi connectivity index (χ3n) is 6.28. The van der Waals surface area contributed by atoms with Crippen molar-refractivity contribution in [1.29, 1.82) is 0 Å². The lowest BCUT2D eigenvalue weighted by molar-refractivity contribution is -0.385. The fourth-order valence-corrected chi connectivity index (χ4v) is 5.20. The summed E-state index contributed by atoms with van der Waals surface area (Å²) in [5, 5.41) is 12.0. The van der Waals surface area contributed by atoms with Gasteiger partial charge in [0.05, 0.1) is 15.5 Å². The van der Waals surface area contributed by atoms with E-state index in [9.17, 15) is 14.9 Å². The summed E-state index contributed by atoms with van der Waals surface area (Å²) in [7, 11) is 0. The number of furan rings is 1. The molecule has 7 nitrogen and oxygen atoms in total. The van der Waals surface area contributed by atoms with Gasteiger partial charge in [-0.3, -0.25) is 19.8 Å². The predicted octanol–water partition coefficient (Wildman–Crippen LogP) is 7.32. The maximum atomic E-state index is 13.5. The minimum absolute atomic E-state index is 0.0337. The molecule has 38 heavy (non-hydrogen) atoms. The Morgan fingerprint density at radius 1 is 0.974 bits per heavy atom. The number of thioether (sulfide) groups is 1. The van der Waals surface area contributed by atoms with Crippen LogP contribution in [0.15, 0.2) is 99.2 Å². The van der Waals surface area contributed by atoms with E-state index in [1.807, 2.05) is 61.5 Å². The number of nitro benzene ring substituents is 1. The Bertz CT molecular complexity index is 1560. The number of nitro groups is 1. The maximum Gasteiger partial charge on any atom is 0.273 e. The summed E-state index contributed by atoms with van der Waals surface area (Å²) in [6.07, 6.45) is 2.40. The van der Waals surface area contributed by atoms with Gasteiger partial charge in [0.15, 0.2) is 5.17 Å². The summed E-state index contributed by atoms with van der Waals surface area (Å²) < 4.78 is 6.00. The molecule has 5 rings (SSSR count). The van der Waals surface area contributed by atoms with Crippen LogP contribution in [0.25, 0.3) is 17.4 Å². The Hall–Kier alpha value is -4.43. The van der Waals surface area contributed by atoms with E-state index in [0.717, 1.165) is 16.8 Å². The van der Waals surface area contributed by atoms with Crippen LogP contribution in [0, 0.1) is 24.0 Å². The molecule has 190 valence electrons. The third kappa shape index (κ3) is 5.45. The van der Waals surface area contributed by atoms with Crippen LogP contribution in [0.3, 0.4) is 0 Å². The second-order valence-corrected chi connectivity index (χ2v) is 9.95. The molecular formula is C30H25N3O4S. The van der Waals surface area contributed by atoms with Crippen LogP contribution >= 0.6 is 11.8 Å². The van der Waals surface area contributed by atoms with E-state index in [4.69, 9.17) is 9.41 Å². The summed E-state index contributed by atoms with van der Waals surface area (Å²) in [5.41, 5.74) is 4.25. The number of benzene rings is 3. The SMILES string of the molecule is Cc1ccc(N=C2S/C(=C/c3ccc(-c4cccc([N+](=O)[O-])c4C)o3)C(=O)N2CCc2ccccc2)cc1. The molecule has 0 atom stereocenters. The minimum Gasteiger partial charge on any atom is -0.457 e. The van der Waals surface area contributed by atoms with Crippen molar-refractivity contribution in [2.45, 2.75) is 20.3 Å². The zero-order chi connectivity index (χ0) is 26.6. The Morgan fingerprint density at radius 2 is 1.74 bits per heavy atom. The molecule has 1 saturated heterocycles. The number of amidine groups is 1. The summed E-state index contributed by atoms with van der Waals surface area (Å²) in [6.45, 7) is 4.21. The number of carbonyl (C=O) groups is 1. The van der Waals surface area contributed by atoms with Crippen LogP contribution in [0.1, 0.15) is 22.5 Å². The summed E-state index contributed by atoms with van der Waals surface area (Å²) in [6, 6.07) is 26.3. The van der Waals surface area contributed by atoms with Crippen LogP contribution in [0.4, 0.5) is 11.4 Å². The molecule has 0 unspecified atom stereocenters. The summed E-state index contributed by atoms with van der Waals surface area (Å²) in [5.74, 6) is 0.852. The molecule has 4 aromatic rings. The van der Waals surface area contributed by atoms with Gasteiger partial charge in [0.1, 0.15) is 11.5 Å². The smallest absolute Gasteiger partial charge is 0.273 e. The zero-order valence-corrected chi connectivity index (χ0v) is 21.8. The first kappa shape index (κ1) is 25.2. The molecule has 0 radical (unpaired) electrons. The Kier molecular flexibility index (Phi) is 7.24. The van der Waals surface area contributed by atoms with Gasteiger partial charge in [-0.05, 0) is 61.9 Å². The van der Waals surface area contributed by atoms with Crippen molar-refractivity contribution in [3.8, 4) is 11.3 Å². The molecule has 0 aliphatic carbocycles. The molecule has 1 amide bonds. The fraction of sp³-hybridized carbons (Fsp3) is 0.133. The fourth-order valence-electron chi connectivity index (χ4n) is 4.20. The normalized spacial score (nSPS) is 15.5. The van der Waals surface area contributed by atoms with E-state index in [1.165, 1.54) is 17.8 Å². The van der Waals surface area contributed by atoms with Gasteiger partial charge in [0.2, 0.25) is 0 Å². The van der Waals surface area contributed by atoms with E-state index in [2.05, 4.69) is 0 Å². The molecule has 0 bridgehead atoms. The predicted molar refractivity (Wildman–Crippen MR) is 151 cm³/mol. The summed E-state index contributed by atoms with van der Waals surface area (Å²) >= 11 is 1.31. The Morgan fingerprint density at radius 3 is 2.47 bits per heavy atom. The van der Waals surface area contributed by atoms with Crippen LogP contribution < -0.4 is 0 Å². The quantitative estimate of drug-likeness (QED) is 0.144.